The number of carboxylic acid groups (broad SMARTS) is 1. The summed E-state index contributed by atoms with van der Waals surface area (Å²) in [6, 6.07) is -0.0707. The third kappa shape index (κ3) is 1.90. The van der Waals surface area contributed by atoms with Crippen molar-refractivity contribution in [3.63, 3.8) is 0 Å². The summed E-state index contributed by atoms with van der Waals surface area (Å²) >= 11 is 0. The molecule has 8 nitrogen and oxygen atoms in total. The lowest BCUT2D eigenvalue weighted by Gasteiger charge is -2.44. The fourth-order valence-electron chi connectivity index (χ4n) is 2.81. The predicted molar refractivity (Wildman–Crippen MR) is 69.3 cm³/mol. The minimum absolute atomic E-state index is 0.0707. The van der Waals surface area contributed by atoms with E-state index in [2.05, 4.69) is 0 Å². The van der Waals surface area contributed by atoms with Gasteiger partial charge >= 0.3 is 5.97 Å². The Labute approximate surface area is 119 Å². The van der Waals surface area contributed by atoms with E-state index in [9.17, 15) is 19.5 Å². The largest absolute Gasteiger partial charge is 0.503 e. The molecule has 0 unspecified atom stereocenters. The summed E-state index contributed by atoms with van der Waals surface area (Å²) in [5.74, 6) is -2.79. The second kappa shape index (κ2) is 4.59. The minimum Gasteiger partial charge on any atom is -0.503 e. The molecule has 0 aliphatic carbocycles. The molecule has 1 saturated heterocycles. The van der Waals surface area contributed by atoms with Crippen molar-refractivity contribution in [3.8, 4) is 5.75 Å². The SMILES string of the molecule is C[C@@H]1CCO[C@H]2Cn3cc(C(=O)O)c(=O)c(O)c3C(=O)N12. The van der Waals surface area contributed by atoms with Crippen LogP contribution in [0.1, 0.15) is 34.2 Å². The molecule has 0 bridgehead atoms. The van der Waals surface area contributed by atoms with Crippen LogP contribution in [-0.2, 0) is 11.3 Å². The maximum absolute atomic E-state index is 12.5. The van der Waals surface area contributed by atoms with Gasteiger partial charge in [-0.3, -0.25) is 9.59 Å². The van der Waals surface area contributed by atoms with Crippen molar-refractivity contribution >= 4 is 11.9 Å². The molecule has 1 aromatic heterocycles. The van der Waals surface area contributed by atoms with Gasteiger partial charge in [-0.05, 0) is 13.3 Å². The van der Waals surface area contributed by atoms with Gasteiger partial charge in [-0.1, -0.05) is 0 Å². The molecule has 0 spiro atoms. The van der Waals surface area contributed by atoms with E-state index in [1.165, 1.54) is 9.47 Å². The molecule has 112 valence electrons. The van der Waals surface area contributed by atoms with Crippen molar-refractivity contribution in [2.24, 2.45) is 0 Å². The lowest BCUT2D eigenvalue weighted by atomic mass is 10.1. The first kappa shape index (κ1) is 13.6. The Kier molecular flexibility index (Phi) is 2.98. The highest BCUT2D eigenvalue weighted by molar-refractivity contribution is 5.97. The number of carbonyl (C=O) groups is 2. The van der Waals surface area contributed by atoms with Crippen LogP contribution >= 0.6 is 0 Å². The maximum atomic E-state index is 12.5. The molecular weight excluding hydrogens is 280 g/mol. The van der Waals surface area contributed by atoms with Crippen molar-refractivity contribution in [1.82, 2.24) is 9.47 Å². The summed E-state index contributed by atoms with van der Waals surface area (Å²) < 4.78 is 6.81. The fourth-order valence-corrected chi connectivity index (χ4v) is 2.81. The number of amides is 1. The number of aromatic carboxylic acids is 1. The lowest BCUT2D eigenvalue weighted by Crippen LogP contribution is -2.57. The zero-order chi connectivity index (χ0) is 15.3. The molecular formula is C13H14N2O6. The zero-order valence-electron chi connectivity index (χ0n) is 11.3. The molecule has 0 saturated carbocycles. The molecule has 1 fully saturated rings. The molecule has 1 amide bonds. The van der Waals surface area contributed by atoms with E-state index in [1.807, 2.05) is 6.92 Å². The van der Waals surface area contributed by atoms with Crippen molar-refractivity contribution in [3.05, 3.63) is 27.7 Å². The van der Waals surface area contributed by atoms with Crippen LogP contribution in [0.2, 0.25) is 0 Å². The molecule has 2 atom stereocenters. The Bertz CT molecular complexity index is 695. The van der Waals surface area contributed by atoms with Gasteiger partial charge in [0.1, 0.15) is 5.56 Å². The topological polar surface area (TPSA) is 109 Å². The third-order valence-electron chi connectivity index (χ3n) is 3.91. The van der Waals surface area contributed by atoms with Crippen LogP contribution in [0.4, 0.5) is 0 Å². The van der Waals surface area contributed by atoms with Crippen LogP contribution in [0.3, 0.4) is 0 Å². The Morgan fingerprint density at radius 3 is 2.81 bits per heavy atom. The molecule has 21 heavy (non-hydrogen) atoms. The number of carboxylic acids is 1. The summed E-state index contributed by atoms with van der Waals surface area (Å²) in [6.07, 6.45) is 1.23. The molecule has 3 heterocycles. The van der Waals surface area contributed by atoms with Crippen molar-refractivity contribution in [2.75, 3.05) is 6.61 Å². The van der Waals surface area contributed by atoms with E-state index in [-0.39, 0.29) is 18.3 Å². The van der Waals surface area contributed by atoms with E-state index in [0.717, 1.165) is 6.20 Å². The normalized spacial score (nSPS) is 24.4. The molecule has 8 heteroatoms. The van der Waals surface area contributed by atoms with Crippen LogP contribution in [0.25, 0.3) is 0 Å². The van der Waals surface area contributed by atoms with Crippen molar-refractivity contribution in [1.29, 1.82) is 0 Å². The Morgan fingerprint density at radius 1 is 1.43 bits per heavy atom. The van der Waals surface area contributed by atoms with E-state index in [1.54, 1.807) is 0 Å². The molecule has 2 N–H and O–H groups in total. The van der Waals surface area contributed by atoms with Gasteiger partial charge in [0, 0.05) is 12.2 Å². The molecule has 3 rings (SSSR count). The number of ether oxygens (including phenoxy) is 1. The zero-order valence-corrected chi connectivity index (χ0v) is 11.3. The van der Waals surface area contributed by atoms with Crippen LogP contribution in [0.5, 0.6) is 5.75 Å². The first-order chi connectivity index (χ1) is 9.91. The third-order valence-corrected chi connectivity index (χ3v) is 3.91. The fraction of sp³-hybridized carbons (Fsp3) is 0.462. The summed E-state index contributed by atoms with van der Waals surface area (Å²) in [5.41, 5.74) is -1.80. The molecule has 0 aromatic carbocycles. The monoisotopic (exact) mass is 294 g/mol. The van der Waals surface area contributed by atoms with Gasteiger partial charge in [-0.25, -0.2) is 4.79 Å². The average Bonchev–Trinajstić information content (AvgIpc) is 2.42. The number of carbonyl (C=O) groups excluding carboxylic acids is 1. The van der Waals surface area contributed by atoms with Gasteiger partial charge in [0.05, 0.1) is 13.2 Å². The highest BCUT2D eigenvalue weighted by Gasteiger charge is 2.40. The maximum Gasteiger partial charge on any atom is 0.341 e. The molecule has 2 aliphatic rings. The number of pyridine rings is 1. The highest BCUT2D eigenvalue weighted by Crippen LogP contribution is 2.29. The highest BCUT2D eigenvalue weighted by atomic mass is 16.5. The molecule has 2 aliphatic heterocycles. The quantitative estimate of drug-likeness (QED) is 0.745. The van der Waals surface area contributed by atoms with Crippen LogP contribution in [-0.4, -0.2) is 50.4 Å². The number of aromatic nitrogens is 1. The first-order valence-corrected chi connectivity index (χ1v) is 6.55. The number of hydrogen-bond acceptors (Lipinski definition) is 5. The number of aromatic hydroxyl groups is 1. The summed E-state index contributed by atoms with van der Waals surface area (Å²) in [6.45, 7) is 2.55. The van der Waals surface area contributed by atoms with Crippen LogP contribution in [0, 0.1) is 0 Å². The smallest absolute Gasteiger partial charge is 0.341 e. The van der Waals surface area contributed by atoms with Crippen LogP contribution in [0.15, 0.2) is 11.0 Å². The van der Waals surface area contributed by atoms with Crippen molar-refractivity contribution in [2.45, 2.75) is 32.2 Å². The minimum atomic E-state index is -1.45. The molecule has 1 aromatic rings. The van der Waals surface area contributed by atoms with Gasteiger partial charge in [0.15, 0.2) is 17.7 Å². The molecule has 0 radical (unpaired) electrons. The van der Waals surface area contributed by atoms with E-state index >= 15 is 0 Å². The Balaban J connectivity index is 2.18. The van der Waals surface area contributed by atoms with Crippen molar-refractivity contribution < 1.29 is 24.5 Å². The standard InChI is InChI=1S/C13H14N2O6/c1-6-2-3-21-8-5-14-4-7(13(19)20)10(16)11(17)9(14)12(18)15(6)8/h4,6,8,17H,2-3,5H2,1H3,(H,19,20)/t6-,8+/m1/s1. The van der Waals surface area contributed by atoms with Gasteiger partial charge in [-0.2, -0.15) is 0 Å². The second-order valence-corrected chi connectivity index (χ2v) is 5.20. The van der Waals surface area contributed by atoms with Gasteiger partial charge in [-0.15, -0.1) is 0 Å². The summed E-state index contributed by atoms with van der Waals surface area (Å²) in [5, 5.41) is 18.9. The number of nitrogens with zero attached hydrogens (tertiary/aromatic N) is 2. The second-order valence-electron chi connectivity index (χ2n) is 5.20. The number of fused-ring (bicyclic) bond motifs is 2. The summed E-state index contributed by atoms with van der Waals surface area (Å²) in [7, 11) is 0. The van der Waals surface area contributed by atoms with Gasteiger partial charge < -0.3 is 24.4 Å². The Morgan fingerprint density at radius 2 is 2.14 bits per heavy atom. The number of rotatable bonds is 1. The van der Waals surface area contributed by atoms with Gasteiger partial charge in [0.2, 0.25) is 5.43 Å². The van der Waals surface area contributed by atoms with Gasteiger partial charge in [0.25, 0.3) is 5.91 Å². The average molecular weight is 294 g/mol. The van der Waals surface area contributed by atoms with Crippen LogP contribution < -0.4 is 5.43 Å². The number of hydrogen-bond donors (Lipinski definition) is 2. The Hall–Kier alpha value is -2.35. The van der Waals surface area contributed by atoms with E-state index < -0.39 is 34.8 Å². The van der Waals surface area contributed by atoms with E-state index in [0.29, 0.717) is 13.0 Å². The lowest BCUT2D eigenvalue weighted by molar-refractivity contribution is -0.112. The summed E-state index contributed by atoms with van der Waals surface area (Å²) in [4.78, 5) is 36.8. The first-order valence-electron chi connectivity index (χ1n) is 6.55. The predicted octanol–water partition coefficient (Wildman–Crippen LogP) is -0.157. The van der Waals surface area contributed by atoms with E-state index in [4.69, 9.17) is 9.84 Å².